The minimum atomic E-state index is -1.51. The normalized spacial score (nSPS) is 18.5. The Balaban J connectivity index is 1.86. The molecule has 0 aliphatic carbocycles. The quantitative estimate of drug-likeness (QED) is 0.399. The van der Waals surface area contributed by atoms with E-state index in [0.717, 1.165) is 24.1 Å². The van der Waals surface area contributed by atoms with Crippen LogP contribution in [0.2, 0.25) is 10.3 Å². The van der Waals surface area contributed by atoms with Gasteiger partial charge in [0.15, 0.2) is 5.82 Å². The molecule has 4 rings (SSSR count). The van der Waals surface area contributed by atoms with E-state index in [9.17, 15) is 0 Å². The molecule has 0 bridgehead atoms. The molecule has 3 aromatic heterocycles. The molecule has 4 heterocycles. The fourth-order valence-corrected chi connectivity index (χ4v) is 4.64. The Labute approximate surface area is 176 Å². The molecule has 3 aromatic rings. The number of rotatable bonds is 6. The van der Waals surface area contributed by atoms with Gasteiger partial charge in [-0.05, 0) is 49.4 Å². The molecule has 2 unspecified atom stereocenters. The van der Waals surface area contributed by atoms with Gasteiger partial charge in [-0.1, -0.05) is 17.7 Å². The zero-order chi connectivity index (χ0) is 19.7. The van der Waals surface area contributed by atoms with Gasteiger partial charge < -0.3 is 10.1 Å². The summed E-state index contributed by atoms with van der Waals surface area (Å²) in [6, 6.07) is 3.98. The Morgan fingerprint density at radius 2 is 2.25 bits per heavy atom. The summed E-state index contributed by atoms with van der Waals surface area (Å²) >= 11 is 14.4. The van der Waals surface area contributed by atoms with Crippen LogP contribution >= 0.6 is 34.5 Å². The average molecular weight is 444 g/mol. The van der Waals surface area contributed by atoms with Gasteiger partial charge in [0.05, 0.1) is 23.4 Å². The van der Waals surface area contributed by atoms with Crippen LogP contribution < -0.4 is 10.6 Å². The lowest BCUT2D eigenvalue weighted by Crippen LogP contribution is -2.24. The van der Waals surface area contributed by atoms with Gasteiger partial charge in [0, 0.05) is 11.5 Å². The average Bonchev–Trinajstić information content (AvgIpc) is 3.33. The van der Waals surface area contributed by atoms with Crippen molar-refractivity contribution >= 4 is 51.4 Å². The highest BCUT2D eigenvalue weighted by Crippen LogP contribution is 2.42. The van der Waals surface area contributed by atoms with Gasteiger partial charge in [0.2, 0.25) is 11.7 Å². The second kappa shape index (κ2) is 8.51. The second-order valence-corrected chi connectivity index (χ2v) is 8.27. The molecule has 2 atom stereocenters. The van der Waals surface area contributed by atoms with Crippen LogP contribution in [0, 0.1) is 0 Å². The molecular weight excluding hydrogens is 424 g/mol. The summed E-state index contributed by atoms with van der Waals surface area (Å²) in [5.74, 6) is 0.435. The van der Waals surface area contributed by atoms with E-state index in [1.807, 2.05) is 17.5 Å². The largest absolute Gasteiger partial charge is 0.372 e. The van der Waals surface area contributed by atoms with Gasteiger partial charge in [0.25, 0.3) is 0 Å². The summed E-state index contributed by atoms with van der Waals surface area (Å²) in [5.41, 5.74) is 1.45. The molecule has 1 aliphatic rings. The van der Waals surface area contributed by atoms with Crippen LogP contribution in [0.4, 0.5) is 10.2 Å². The molecule has 1 saturated heterocycles. The van der Waals surface area contributed by atoms with Crippen LogP contribution in [0.15, 0.2) is 17.5 Å². The summed E-state index contributed by atoms with van der Waals surface area (Å²) < 4.78 is 22.4. The van der Waals surface area contributed by atoms with E-state index < -0.39 is 6.42 Å². The smallest absolute Gasteiger partial charge is 0.231 e. The Morgan fingerprint density at radius 1 is 1.39 bits per heavy atom. The van der Waals surface area contributed by atoms with Crippen LogP contribution in [-0.2, 0) is 11.3 Å². The maximum absolute atomic E-state index is 15.0. The third-order valence-electron chi connectivity index (χ3n) is 4.75. The first-order valence-corrected chi connectivity index (χ1v) is 10.7. The van der Waals surface area contributed by atoms with Crippen LogP contribution in [0.25, 0.3) is 11.0 Å². The number of hydrogen-bond donors (Lipinski definition) is 2. The van der Waals surface area contributed by atoms with Crippen molar-refractivity contribution in [3.8, 4) is 0 Å². The number of aromatic nitrogens is 3. The molecule has 1 fully saturated rings. The van der Waals surface area contributed by atoms with Crippen molar-refractivity contribution in [1.82, 2.24) is 19.9 Å². The molecule has 1 aliphatic heterocycles. The number of nitrogens with zero attached hydrogens (tertiary/aromatic N) is 3. The lowest BCUT2D eigenvalue weighted by Gasteiger charge is -2.26. The highest BCUT2D eigenvalue weighted by molar-refractivity contribution is 7.09. The minimum absolute atomic E-state index is 0.0520. The van der Waals surface area contributed by atoms with Gasteiger partial charge in [0.1, 0.15) is 11.0 Å². The van der Waals surface area contributed by atoms with Gasteiger partial charge in [-0.15, -0.1) is 11.3 Å². The molecule has 10 heteroatoms. The van der Waals surface area contributed by atoms with Crippen molar-refractivity contribution < 1.29 is 9.13 Å². The minimum Gasteiger partial charge on any atom is -0.372 e. The molecule has 150 valence electrons. The van der Waals surface area contributed by atoms with Gasteiger partial charge in [-0.3, -0.25) is 9.88 Å². The fraction of sp³-hybridized carbons (Fsp3) is 0.444. The highest BCUT2D eigenvalue weighted by Gasteiger charge is 2.31. The van der Waals surface area contributed by atoms with Crippen molar-refractivity contribution in [2.24, 2.45) is 0 Å². The van der Waals surface area contributed by atoms with Crippen molar-refractivity contribution in [2.45, 2.75) is 38.3 Å². The number of thiophene rings is 1. The number of halogens is 3. The van der Waals surface area contributed by atoms with E-state index in [-0.39, 0.29) is 11.4 Å². The number of ether oxygens (including phenoxy) is 1. The molecule has 2 N–H and O–H groups in total. The Kier molecular flexibility index (Phi) is 6.03. The predicted octanol–water partition coefficient (Wildman–Crippen LogP) is 5.30. The van der Waals surface area contributed by atoms with E-state index in [4.69, 9.17) is 27.9 Å². The molecule has 0 aromatic carbocycles. The summed E-state index contributed by atoms with van der Waals surface area (Å²) in [5, 5.41) is 8.30. The molecule has 0 saturated carbocycles. The van der Waals surface area contributed by atoms with Crippen molar-refractivity contribution in [3.63, 3.8) is 0 Å². The van der Waals surface area contributed by atoms with Crippen molar-refractivity contribution in [1.29, 1.82) is 0 Å². The zero-order valence-electron chi connectivity index (χ0n) is 15.2. The van der Waals surface area contributed by atoms with Crippen molar-refractivity contribution in [3.05, 3.63) is 38.4 Å². The van der Waals surface area contributed by atoms with Gasteiger partial charge in [-0.25, -0.2) is 9.37 Å². The standard InChI is InChI=1S/C18H20Cl2FN5OS/c1-22-18(21)26-14(11-6-2-3-7-27-11)12(19)13-15(26)16(25-17(20)24-13)23-9-10-5-4-8-28-10/h4-5,8,11,18,22H,2-3,6-7,9H2,1H3,(H,23,24,25). The number of hydrogen-bond acceptors (Lipinski definition) is 6. The van der Waals surface area contributed by atoms with Crippen LogP contribution in [-0.4, -0.2) is 28.2 Å². The zero-order valence-corrected chi connectivity index (χ0v) is 17.5. The van der Waals surface area contributed by atoms with Gasteiger partial charge in [-0.2, -0.15) is 4.98 Å². The molecule has 6 nitrogen and oxygen atoms in total. The molecular formula is C18H20Cl2FN5OS. The van der Waals surface area contributed by atoms with Crippen LogP contribution in [0.5, 0.6) is 0 Å². The summed E-state index contributed by atoms with van der Waals surface area (Å²) in [6.45, 7) is 1.16. The third-order valence-corrected chi connectivity index (χ3v) is 6.17. The molecule has 28 heavy (non-hydrogen) atoms. The fourth-order valence-electron chi connectivity index (χ4n) is 3.48. The van der Waals surface area contributed by atoms with Crippen molar-refractivity contribution in [2.75, 3.05) is 19.0 Å². The van der Waals surface area contributed by atoms with E-state index in [2.05, 4.69) is 20.6 Å². The van der Waals surface area contributed by atoms with E-state index in [1.54, 1.807) is 18.4 Å². The highest BCUT2D eigenvalue weighted by atomic mass is 35.5. The molecule has 0 radical (unpaired) electrons. The maximum Gasteiger partial charge on any atom is 0.231 e. The van der Waals surface area contributed by atoms with E-state index in [0.29, 0.717) is 40.7 Å². The van der Waals surface area contributed by atoms with E-state index in [1.165, 1.54) is 4.57 Å². The monoisotopic (exact) mass is 443 g/mol. The lowest BCUT2D eigenvalue weighted by atomic mass is 10.1. The number of fused-ring (bicyclic) bond motifs is 1. The third kappa shape index (κ3) is 3.71. The maximum atomic E-state index is 15.0. The summed E-state index contributed by atoms with van der Waals surface area (Å²) in [7, 11) is 1.55. The molecule has 0 amide bonds. The van der Waals surface area contributed by atoms with Crippen LogP contribution in [0.3, 0.4) is 0 Å². The number of nitrogens with one attached hydrogen (secondary N) is 2. The van der Waals surface area contributed by atoms with Crippen LogP contribution in [0.1, 0.15) is 42.4 Å². The number of anilines is 1. The Hall–Kier alpha value is -1.45. The lowest BCUT2D eigenvalue weighted by molar-refractivity contribution is 0.00673. The first-order chi connectivity index (χ1) is 13.6. The summed E-state index contributed by atoms with van der Waals surface area (Å²) in [4.78, 5) is 9.72. The first-order valence-electron chi connectivity index (χ1n) is 9.06. The molecule has 0 spiro atoms. The Bertz CT molecular complexity index is 959. The van der Waals surface area contributed by atoms with Gasteiger partial charge >= 0.3 is 0 Å². The second-order valence-electron chi connectivity index (χ2n) is 6.52. The SMILES string of the molecule is CNC(F)n1c(C2CCCCO2)c(Cl)c2nc(Cl)nc(NCc3cccs3)c21. The summed E-state index contributed by atoms with van der Waals surface area (Å²) in [6.07, 6.45) is 0.938. The Morgan fingerprint density at radius 3 is 2.93 bits per heavy atom. The number of alkyl halides is 1. The predicted molar refractivity (Wildman–Crippen MR) is 111 cm³/mol. The first kappa shape index (κ1) is 19.8. The topological polar surface area (TPSA) is 64.0 Å². The van der Waals surface area contributed by atoms with E-state index >= 15 is 4.39 Å².